The number of rotatable bonds is 2. The zero-order valence-corrected chi connectivity index (χ0v) is 7.21. The zero-order chi connectivity index (χ0) is 10.8. The average molecular weight is 206 g/mol. The maximum atomic E-state index is 12.0. The number of halogens is 3. The second-order valence-electron chi connectivity index (χ2n) is 2.79. The molecule has 0 amide bonds. The molecule has 0 aliphatic heterocycles. The van der Waals surface area contributed by atoms with Gasteiger partial charge in [-0.2, -0.15) is 13.2 Å². The van der Waals surface area contributed by atoms with Gasteiger partial charge in [0.25, 0.3) is 5.56 Å². The second-order valence-corrected chi connectivity index (χ2v) is 2.79. The van der Waals surface area contributed by atoms with Crippen LogP contribution in [0.5, 0.6) is 0 Å². The third kappa shape index (κ3) is 2.59. The Morgan fingerprint density at radius 1 is 1.43 bits per heavy atom. The molecule has 0 saturated carbocycles. The molecule has 6 heteroatoms. The lowest BCUT2D eigenvalue weighted by Gasteiger charge is -2.09. The minimum atomic E-state index is -4.39. The smallest absolute Gasteiger partial charge is 0.326 e. The molecule has 0 unspecified atom stereocenters. The van der Waals surface area contributed by atoms with Gasteiger partial charge in [0.05, 0.1) is 0 Å². The SMILES string of the molecule is NCc1cccn(CC(F)(F)F)c1=O. The molecule has 0 aromatic carbocycles. The Balaban J connectivity index is 3.05. The van der Waals surface area contributed by atoms with E-state index in [1.165, 1.54) is 12.1 Å². The summed E-state index contributed by atoms with van der Waals surface area (Å²) in [7, 11) is 0. The molecule has 78 valence electrons. The van der Waals surface area contributed by atoms with Crippen LogP contribution in [0.2, 0.25) is 0 Å². The Kier molecular flexibility index (Phi) is 2.95. The summed E-state index contributed by atoms with van der Waals surface area (Å²) >= 11 is 0. The Morgan fingerprint density at radius 2 is 2.07 bits per heavy atom. The Hall–Kier alpha value is -1.30. The van der Waals surface area contributed by atoms with Crippen LogP contribution in [0.25, 0.3) is 0 Å². The molecule has 0 spiro atoms. The van der Waals surface area contributed by atoms with Crippen molar-refractivity contribution in [2.24, 2.45) is 5.73 Å². The number of nitrogens with zero attached hydrogens (tertiary/aromatic N) is 1. The second kappa shape index (κ2) is 3.83. The largest absolute Gasteiger partial charge is 0.406 e. The van der Waals surface area contributed by atoms with Crippen LogP contribution in [0.1, 0.15) is 5.56 Å². The van der Waals surface area contributed by atoms with E-state index in [-0.39, 0.29) is 12.1 Å². The van der Waals surface area contributed by atoms with Crippen molar-refractivity contribution in [1.29, 1.82) is 0 Å². The number of hydrogen-bond donors (Lipinski definition) is 1. The van der Waals surface area contributed by atoms with Gasteiger partial charge < -0.3 is 10.3 Å². The van der Waals surface area contributed by atoms with Gasteiger partial charge in [-0.25, -0.2) is 0 Å². The summed E-state index contributed by atoms with van der Waals surface area (Å²) < 4.78 is 36.5. The predicted molar refractivity (Wildman–Crippen MR) is 44.6 cm³/mol. The molecule has 0 radical (unpaired) electrons. The molecular formula is C8H9F3N2O. The molecule has 0 aliphatic rings. The molecule has 14 heavy (non-hydrogen) atoms. The van der Waals surface area contributed by atoms with Crippen molar-refractivity contribution >= 4 is 0 Å². The fourth-order valence-electron chi connectivity index (χ4n) is 1.06. The monoisotopic (exact) mass is 206 g/mol. The average Bonchev–Trinajstić information content (AvgIpc) is 2.06. The molecule has 1 aromatic heterocycles. The minimum Gasteiger partial charge on any atom is -0.326 e. The summed E-state index contributed by atoms with van der Waals surface area (Å²) in [5.41, 5.74) is 4.68. The summed E-state index contributed by atoms with van der Waals surface area (Å²) in [6.45, 7) is -1.34. The number of hydrogen-bond acceptors (Lipinski definition) is 2. The highest BCUT2D eigenvalue weighted by Crippen LogP contribution is 2.16. The zero-order valence-electron chi connectivity index (χ0n) is 7.21. The molecule has 1 rings (SSSR count). The number of pyridine rings is 1. The van der Waals surface area contributed by atoms with Crippen molar-refractivity contribution in [3.8, 4) is 0 Å². The lowest BCUT2D eigenvalue weighted by atomic mass is 10.3. The quantitative estimate of drug-likeness (QED) is 0.780. The van der Waals surface area contributed by atoms with Crippen LogP contribution < -0.4 is 11.3 Å². The molecule has 2 N–H and O–H groups in total. The van der Waals surface area contributed by atoms with Gasteiger partial charge >= 0.3 is 6.18 Å². The predicted octanol–water partition coefficient (Wildman–Crippen LogP) is 0.869. The molecule has 3 nitrogen and oxygen atoms in total. The van der Waals surface area contributed by atoms with Crippen LogP contribution in [0, 0.1) is 0 Å². The number of alkyl halides is 3. The summed E-state index contributed by atoms with van der Waals surface area (Å²) in [6, 6.07) is 2.78. The Bertz CT molecular complexity index is 370. The molecule has 0 fully saturated rings. The maximum Gasteiger partial charge on any atom is 0.406 e. The van der Waals surface area contributed by atoms with E-state index in [0.717, 1.165) is 6.20 Å². The van der Waals surface area contributed by atoms with Crippen molar-refractivity contribution in [2.45, 2.75) is 19.3 Å². The lowest BCUT2D eigenvalue weighted by Crippen LogP contribution is -2.30. The standard InChI is InChI=1S/C8H9F3N2O/c9-8(10,11)5-13-3-1-2-6(4-12)7(13)14/h1-3H,4-5,12H2. The molecule has 0 atom stereocenters. The van der Waals surface area contributed by atoms with E-state index in [4.69, 9.17) is 5.73 Å². The first-order chi connectivity index (χ1) is 6.44. The van der Waals surface area contributed by atoms with Gasteiger partial charge in [-0.15, -0.1) is 0 Å². The molecular weight excluding hydrogens is 197 g/mol. The van der Waals surface area contributed by atoms with Crippen molar-refractivity contribution < 1.29 is 13.2 Å². The Morgan fingerprint density at radius 3 is 2.57 bits per heavy atom. The van der Waals surface area contributed by atoms with E-state index in [9.17, 15) is 18.0 Å². The molecule has 0 aliphatic carbocycles. The molecule has 1 aromatic rings. The lowest BCUT2D eigenvalue weighted by molar-refractivity contribution is -0.141. The van der Waals surface area contributed by atoms with Crippen molar-refractivity contribution in [2.75, 3.05) is 0 Å². The van der Waals surface area contributed by atoms with E-state index < -0.39 is 18.3 Å². The molecule has 1 heterocycles. The van der Waals surface area contributed by atoms with Gasteiger partial charge in [-0.1, -0.05) is 6.07 Å². The van der Waals surface area contributed by atoms with Crippen LogP contribution in [-0.4, -0.2) is 10.7 Å². The highest BCUT2D eigenvalue weighted by atomic mass is 19.4. The molecule has 0 bridgehead atoms. The third-order valence-corrected chi connectivity index (χ3v) is 1.67. The van der Waals surface area contributed by atoms with Gasteiger partial charge in [0.15, 0.2) is 0 Å². The van der Waals surface area contributed by atoms with Crippen molar-refractivity contribution in [1.82, 2.24) is 4.57 Å². The first-order valence-electron chi connectivity index (χ1n) is 3.89. The fraction of sp³-hybridized carbons (Fsp3) is 0.375. The van der Waals surface area contributed by atoms with Gasteiger partial charge in [0.2, 0.25) is 0 Å². The summed E-state index contributed by atoms with van der Waals surface area (Å²) in [5.74, 6) is 0. The van der Waals surface area contributed by atoms with E-state index in [0.29, 0.717) is 4.57 Å². The highest BCUT2D eigenvalue weighted by Gasteiger charge is 2.28. The topological polar surface area (TPSA) is 48.0 Å². The third-order valence-electron chi connectivity index (χ3n) is 1.67. The first-order valence-corrected chi connectivity index (χ1v) is 3.89. The molecule has 0 saturated heterocycles. The van der Waals surface area contributed by atoms with Gasteiger partial charge in [0, 0.05) is 18.3 Å². The summed E-state index contributed by atoms with van der Waals surface area (Å²) in [4.78, 5) is 11.3. The van der Waals surface area contributed by atoms with Crippen LogP contribution in [0.3, 0.4) is 0 Å². The maximum absolute atomic E-state index is 12.0. The van der Waals surface area contributed by atoms with Crippen LogP contribution in [-0.2, 0) is 13.1 Å². The van der Waals surface area contributed by atoms with Gasteiger partial charge in [0.1, 0.15) is 6.54 Å². The highest BCUT2D eigenvalue weighted by molar-refractivity contribution is 5.09. The van der Waals surface area contributed by atoms with Crippen molar-refractivity contribution in [3.63, 3.8) is 0 Å². The Labute approximate surface area is 78.0 Å². The number of aromatic nitrogens is 1. The normalized spacial score (nSPS) is 11.7. The minimum absolute atomic E-state index is 0.0580. The van der Waals surface area contributed by atoms with Crippen LogP contribution in [0.15, 0.2) is 23.1 Å². The van der Waals surface area contributed by atoms with E-state index in [1.807, 2.05) is 0 Å². The number of nitrogens with two attached hydrogens (primary N) is 1. The van der Waals surface area contributed by atoms with E-state index in [2.05, 4.69) is 0 Å². The summed E-state index contributed by atoms with van der Waals surface area (Å²) in [6.07, 6.45) is -3.30. The summed E-state index contributed by atoms with van der Waals surface area (Å²) in [5, 5.41) is 0. The van der Waals surface area contributed by atoms with Gasteiger partial charge in [-0.3, -0.25) is 4.79 Å². The van der Waals surface area contributed by atoms with Crippen LogP contribution >= 0.6 is 0 Å². The van der Waals surface area contributed by atoms with Crippen LogP contribution in [0.4, 0.5) is 13.2 Å². The van der Waals surface area contributed by atoms with E-state index in [1.54, 1.807) is 0 Å². The van der Waals surface area contributed by atoms with Gasteiger partial charge in [-0.05, 0) is 6.07 Å². The fourth-order valence-corrected chi connectivity index (χ4v) is 1.06. The van der Waals surface area contributed by atoms with Crippen molar-refractivity contribution in [3.05, 3.63) is 34.2 Å². The first kappa shape index (κ1) is 10.8. The van der Waals surface area contributed by atoms with E-state index >= 15 is 0 Å².